The number of urea groups is 1. The number of hydrogen-bond donors (Lipinski definition) is 1. The molecule has 0 spiro atoms. The first-order valence-electron chi connectivity index (χ1n) is 12.2. The van der Waals surface area contributed by atoms with Gasteiger partial charge >= 0.3 is 6.03 Å². The van der Waals surface area contributed by atoms with Gasteiger partial charge in [-0.3, -0.25) is 4.98 Å². The highest BCUT2D eigenvalue weighted by atomic mass is 16.5. The number of pyridine rings is 1. The number of aryl methyl sites for hydroxylation is 2. The van der Waals surface area contributed by atoms with Crippen molar-refractivity contribution in [2.75, 3.05) is 29.9 Å². The molecule has 1 fully saturated rings. The molecule has 2 aromatic heterocycles. The summed E-state index contributed by atoms with van der Waals surface area (Å²) in [6.07, 6.45) is 5.42. The van der Waals surface area contributed by atoms with Gasteiger partial charge in [0.05, 0.1) is 6.26 Å². The lowest BCUT2D eigenvalue weighted by Gasteiger charge is -2.38. The van der Waals surface area contributed by atoms with Crippen molar-refractivity contribution in [2.45, 2.75) is 39.2 Å². The van der Waals surface area contributed by atoms with E-state index in [9.17, 15) is 4.79 Å². The molecule has 9 nitrogen and oxygen atoms in total. The zero-order valence-electron chi connectivity index (χ0n) is 20.6. The van der Waals surface area contributed by atoms with Crippen LogP contribution in [0.3, 0.4) is 0 Å². The first-order chi connectivity index (χ1) is 17.5. The Morgan fingerprint density at radius 3 is 2.56 bits per heavy atom. The van der Waals surface area contributed by atoms with E-state index in [1.807, 2.05) is 55.1 Å². The van der Waals surface area contributed by atoms with Crippen LogP contribution in [0.4, 0.5) is 16.3 Å². The molecule has 0 aliphatic carbocycles. The van der Waals surface area contributed by atoms with Crippen LogP contribution < -0.4 is 19.7 Å². The monoisotopic (exact) mass is 486 g/mol. The van der Waals surface area contributed by atoms with E-state index in [4.69, 9.17) is 9.47 Å². The predicted octanol–water partition coefficient (Wildman–Crippen LogP) is 4.86. The quantitative estimate of drug-likeness (QED) is 0.497. The van der Waals surface area contributed by atoms with Crippen molar-refractivity contribution in [3.05, 3.63) is 72.5 Å². The summed E-state index contributed by atoms with van der Waals surface area (Å²) in [5.41, 5.74) is 3.69. The first-order valence-corrected chi connectivity index (χ1v) is 12.2. The van der Waals surface area contributed by atoms with Crippen molar-refractivity contribution in [3.63, 3.8) is 0 Å². The third-order valence-corrected chi connectivity index (χ3v) is 6.55. The van der Waals surface area contributed by atoms with Crippen molar-refractivity contribution >= 4 is 17.5 Å². The number of ether oxygens (including phenoxy) is 2. The van der Waals surface area contributed by atoms with Crippen LogP contribution in [0.1, 0.15) is 29.8 Å². The summed E-state index contributed by atoms with van der Waals surface area (Å²) in [5.74, 6) is 2.75. The molecule has 1 aromatic carbocycles. The highest BCUT2D eigenvalue weighted by Gasteiger charge is 2.30. The molecule has 9 heteroatoms. The van der Waals surface area contributed by atoms with Gasteiger partial charge in [-0.2, -0.15) is 0 Å². The molecular formula is C27H30N6O3. The Morgan fingerprint density at radius 1 is 1.03 bits per heavy atom. The Balaban J connectivity index is 1.21. The van der Waals surface area contributed by atoms with E-state index in [-0.39, 0.29) is 12.1 Å². The van der Waals surface area contributed by atoms with Crippen molar-refractivity contribution in [1.82, 2.24) is 19.9 Å². The van der Waals surface area contributed by atoms with Gasteiger partial charge in [0, 0.05) is 61.0 Å². The molecule has 186 valence electrons. The number of nitrogens with zero attached hydrogens (tertiary/aromatic N) is 5. The number of amides is 2. The number of fused-ring (bicyclic) bond motifs is 1. The second-order valence-electron chi connectivity index (χ2n) is 9.10. The Labute approximate surface area is 210 Å². The fourth-order valence-electron chi connectivity index (χ4n) is 4.89. The molecule has 0 atom stereocenters. The van der Waals surface area contributed by atoms with Gasteiger partial charge < -0.3 is 24.6 Å². The predicted molar refractivity (Wildman–Crippen MR) is 138 cm³/mol. The molecule has 0 saturated carbocycles. The van der Waals surface area contributed by atoms with Crippen LogP contribution in [0.15, 0.2) is 55.6 Å². The number of anilines is 2. The normalized spacial score (nSPS) is 16.1. The van der Waals surface area contributed by atoms with Gasteiger partial charge in [-0.25, -0.2) is 14.8 Å². The number of hydrogen-bond acceptors (Lipinski definition) is 7. The Kier molecular flexibility index (Phi) is 6.71. The highest BCUT2D eigenvalue weighted by Crippen LogP contribution is 2.29. The fraction of sp³-hybridized carbons (Fsp3) is 0.333. The SMILES string of the molecule is C=COc1ccc2c(c1)CCN(C1CCN(c3cc(Oc4cc(C)nc(C)c4)ncn3)CC1)C(=O)N2. The van der Waals surface area contributed by atoms with Gasteiger partial charge in [-0.05, 0) is 56.9 Å². The zero-order valence-corrected chi connectivity index (χ0v) is 20.6. The van der Waals surface area contributed by atoms with Crippen molar-refractivity contribution in [1.29, 1.82) is 0 Å². The van der Waals surface area contributed by atoms with E-state index < -0.39 is 0 Å². The lowest BCUT2D eigenvalue weighted by atomic mass is 10.0. The zero-order chi connectivity index (χ0) is 25.1. The molecule has 1 saturated heterocycles. The van der Waals surface area contributed by atoms with Crippen molar-refractivity contribution < 1.29 is 14.3 Å². The second kappa shape index (κ2) is 10.2. The topological polar surface area (TPSA) is 92.7 Å². The largest absolute Gasteiger partial charge is 0.466 e. The molecule has 2 amide bonds. The molecule has 2 aliphatic rings. The van der Waals surface area contributed by atoms with E-state index >= 15 is 0 Å². The third-order valence-electron chi connectivity index (χ3n) is 6.55. The average molecular weight is 487 g/mol. The van der Waals surface area contributed by atoms with Crippen molar-refractivity contribution in [3.8, 4) is 17.4 Å². The fourth-order valence-corrected chi connectivity index (χ4v) is 4.89. The maximum absolute atomic E-state index is 13.0. The van der Waals surface area contributed by atoms with Gasteiger partial charge in [0.15, 0.2) is 0 Å². The van der Waals surface area contributed by atoms with E-state index in [1.165, 1.54) is 12.6 Å². The lowest BCUT2D eigenvalue weighted by Crippen LogP contribution is -2.49. The third kappa shape index (κ3) is 5.25. The standard InChI is InChI=1S/C27H30N6O3/c1-4-35-22-5-6-24-20(15-22)7-12-33(27(34)31-24)21-8-10-32(11-9-21)25-16-26(29-17-28-25)36-23-13-18(2)30-19(3)14-23/h4-6,13-17,21H,1,7-12H2,2-3H3,(H,31,34). The van der Waals surface area contributed by atoms with Crippen LogP contribution in [-0.2, 0) is 6.42 Å². The smallest absolute Gasteiger partial charge is 0.322 e. The highest BCUT2D eigenvalue weighted by molar-refractivity contribution is 5.91. The number of carbonyl (C=O) groups is 1. The number of nitrogens with one attached hydrogen (secondary N) is 1. The molecule has 0 unspecified atom stereocenters. The second-order valence-corrected chi connectivity index (χ2v) is 9.10. The van der Waals surface area contributed by atoms with Crippen LogP contribution >= 0.6 is 0 Å². The molecule has 5 rings (SSSR count). The summed E-state index contributed by atoms with van der Waals surface area (Å²) < 4.78 is 11.4. The Hall–Kier alpha value is -4.14. The van der Waals surface area contributed by atoms with Gasteiger partial charge in [0.2, 0.25) is 5.88 Å². The summed E-state index contributed by atoms with van der Waals surface area (Å²) in [4.78, 5) is 30.3. The minimum atomic E-state index is -0.0507. The van der Waals surface area contributed by atoms with Gasteiger partial charge in [0.25, 0.3) is 0 Å². The number of benzene rings is 1. The van der Waals surface area contributed by atoms with E-state index in [0.29, 0.717) is 18.2 Å². The van der Waals surface area contributed by atoms with Gasteiger partial charge in [0.1, 0.15) is 23.6 Å². The summed E-state index contributed by atoms with van der Waals surface area (Å²) in [5, 5.41) is 3.07. The maximum Gasteiger partial charge on any atom is 0.322 e. The van der Waals surface area contributed by atoms with Crippen LogP contribution in [-0.4, -0.2) is 51.6 Å². The van der Waals surface area contributed by atoms with Crippen molar-refractivity contribution in [2.24, 2.45) is 0 Å². The average Bonchev–Trinajstić information content (AvgIpc) is 3.02. The summed E-state index contributed by atoms with van der Waals surface area (Å²) in [6.45, 7) is 9.74. The van der Waals surface area contributed by atoms with E-state index in [1.54, 1.807) is 0 Å². The molecule has 36 heavy (non-hydrogen) atoms. The van der Waals surface area contributed by atoms with Gasteiger partial charge in [-0.1, -0.05) is 6.58 Å². The molecule has 0 radical (unpaired) electrons. The first kappa shape index (κ1) is 23.6. The minimum Gasteiger partial charge on any atom is -0.466 e. The van der Waals surface area contributed by atoms with Crippen LogP contribution in [0.25, 0.3) is 0 Å². The van der Waals surface area contributed by atoms with E-state index in [2.05, 4.69) is 31.7 Å². The molecular weight excluding hydrogens is 456 g/mol. The minimum absolute atomic E-state index is 0.0507. The molecule has 2 aliphatic heterocycles. The Morgan fingerprint density at radius 2 is 1.81 bits per heavy atom. The van der Waals surface area contributed by atoms with Crippen LogP contribution in [0, 0.1) is 13.8 Å². The number of aromatic nitrogens is 3. The molecule has 0 bridgehead atoms. The number of piperidine rings is 1. The maximum atomic E-state index is 13.0. The van der Waals surface area contributed by atoms with Crippen LogP contribution in [0.5, 0.6) is 17.4 Å². The molecule has 1 N–H and O–H groups in total. The number of carbonyl (C=O) groups excluding carboxylic acids is 1. The summed E-state index contributed by atoms with van der Waals surface area (Å²) >= 11 is 0. The van der Waals surface area contributed by atoms with E-state index in [0.717, 1.165) is 66.6 Å². The summed E-state index contributed by atoms with van der Waals surface area (Å²) in [7, 11) is 0. The summed E-state index contributed by atoms with van der Waals surface area (Å²) in [6, 6.07) is 11.4. The number of rotatable bonds is 6. The van der Waals surface area contributed by atoms with Crippen LogP contribution in [0.2, 0.25) is 0 Å². The lowest BCUT2D eigenvalue weighted by molar-refractivity contribution is 0.177. The Bertz CT molecular complexity index is 1250. The van der Waals surface area contributed by atoms with Gasteiger partial charge in [-0.15, -0.1) is 0 Å². The molecule has 3 aromatic rings. The molecule has 4 heterocycles.